The number of nitrogens with zero attached hydrogens (tertiary/aromatic N) is 4. The third-order valence-electron chi connectivity index (χ3n) is 3.91. The third-order valence-corrected chi connectivity index (χ3v) is 3.91. The predicted octanol–water partition coefficient (Wildman–Crippen LogP) is 3.61. The van der Waals surface area contributed by atoms with Gasteiger partial charge in [0.15, 0.2) is 11.8 Å². The van der Waals surface area contributed by atoms with E-state index in [1.807, 2.05) is 56.3 Å². The van der Waals surface area contributed by atoms with Crippen molar-refractivity contribution in [2.24, 2.45) is 4.99 Å². The predicted molar refractivity (Wildman–Crippen MR) is 120 cm³/mol. The summed E-state index contributed by atoms with van der Waals surface area (Å²) in [5, 5.41) is 10.5. The number of halogens is 1. The van der Waals surface area contributed by atoms with Crippen molar-refractivity contribution in [1.29, 1.82) is 0 Å². The fourth-order valence-corrected chi connectivity index (χ4v) is 2.58. The van der Waals surface area contributed by atoms with E-state index in [1.54, 1.807) is 0 Å². The lowest BCUT2D eigenvalue weighted by Crippen LogP contribution is -2.36. The molecule has 0 bridgehead atoms. The van der Waals surface area contributed by atoms with Crippen LogP contribution in [0.1, 0.15) is 17.0 Å². The van der Waals surface area contributed by atoms with Crippen LogP contribution in [0.2, 0.25) is 0 Å². The molecule has 2 aromatic carbocycles. The summed E-state index contributed by atoms with van der Waals surface area (Å²) in [4.78, 5) is 11.1. The van der Waals surface area contributed by atoms with Gasteiger partial charge in [-0.25, -0.2) is 9.98 Å². The van der Waals surface area contributed by atoms with Crippen LogP contribution >= 0.6 is 24.0 Å². The van der Waals surface area contributed by atoms with Gasteiger partial charge in [0, 0.05) is 26.2 Å². The van der Waals surface area contributed by atoms with Gasteiger partial charge in [-0.15, -0.1) is 24.0 Å². The van der Waals surface area contributed by atoms with Crippen molar-refractivity contribution < 1.29 is 0 Å². The molecule has 0 amide bonds. The molecule has 0 spiro atoms. The van der Waals surface area contributed by atoms with Crippen LogP contribution in [-0.4, -0.2) is 40.1 Å². The molecule has 27 heavy (non-hydrogen) atoms. The molecule has 3 rings (SSSR count). The van der Waals surface area contributed by atoms with Crippen molar-refractivity contribution in [3.63, 3.8) is 0 Å². The van der Waals surface area contributed by atoms with Gasteiger partial charge in [-0.1, -0.05) is 48.5 Å². The number of rotatable bonds is 5. The summed E-state index contributed by atoms with van der Waals surface area (Å²) in [6.45, 7) is 3.23. The first-order valence-corrected chi connectivity index (χ1v) is 8.60. The van der Waals surface area contributed by atoms with E-state index in [0.29, 0.717) is 12.4 Å². The Morgan fingerprint density at radius 3 is 2.48 bits per heavy atom. The Morgan fingerprint density at radius 2 is 1.81 bits per heavy atom. The third kappa shape index (κ3) is 6.06. The second-order valence-corrected chi connectivity index (χ2v) is 6.32. The maximum Gasteiger partial charge on any atom is 0.194 e. The van der Waals surface area contributed by atoms with Crippen LogP contribution in [0.5, 0.6) is 0 Å². The van der Waals surface area contributed by atoms with Gasteiger partial charge in [-0.2, -0.15) is 5.10 Å². The number of guanidine groups is 1. The molecule has 0 atom stereocenters. The smallest absolute Gasteiger partial charge is 0.194 e. The number of aromatic amines is 1. The zero-order chi connectivity index (χ0) is 18.4. The number of H-pyrrole nitrogens is 1. The second-order valence-electron chi connectivity index (χ2n) is 6.32. The second kappa shape index (κ2) is 10.1. The summed E-state index contributed by atoms with van der Waals surface area (Å²) in [6, 6.07) is 18.5. The molecule has 0 aliphatic rings. The van der Waals surface area contributed by atoms with Gasteiger partial charge >= 0.3 is 0 Å². The Labute approximate surface area is 177 Å². The summed E-state index contributed by atoms with van der Waals surface area (Å²) in [5.41, 5.74) is 3.33. The lowest BCUT2D eigenvalue weighted by Gasteiger charge is -2.17. The van der Waals surface area contributed by atoms with E-state index in [2.05, 4.69) is 44.8 Å². The molecule has 0 saturated heterocycles. The van der Waals surface area contributed by atoms with Crippen LogP contribution in [0, 0.1) is 6.92 Å². The molecule has 3 aromatic rings. The van der Waals surface area contributed by atoms with Crippen molar-refractivity contribution in [2.45, 2.75) is 20.0 Å². The van der Waals surface area contributed by atoms with Gasteiger partial charge in [0.25, 0.3) is 0 Å². The maximum absolute atomic E-state index is 4.73. The van der Waals surface area contributed by atoms with Crippen molar-refractivity contribution in [2.75, 3.05) is 14.1 Å². The van der Waals surface area contributed by atoms with E-state index in [9.17, 15) is 0 Å². The zero-order valence-corrected chi connectivity index (χ0v) is 18.1. The fraction of sp³-hybridized carbons (Fsp3) is 0.250. The van der Waals surface area contributed by atoms with Crippen molar-refractivity contribution in [1.82, 2.24) is 25.4 Å². The topological polar surface area (TPSA) is 69.2 Å². The van der Waals surface area contributed by atoms with E-state index in [1.165, 1.54) is 5.56 Å². The highest BCUT2D eigenvalue weighted by Gasteiger charge is 2.06. The first-order chi connectivity index (χ1) is 12.6. The molecule has 0 unspecified atom stereocenters. The molecule has 142 valence electrons. The Kier molecular flexibility index (Phi) is 7.78. The van der Waals surface area contributed by atoms with Gasteiger partial charge in [0.1, 0.15) is 5.82 Å². The SMILES string of the molecule is Cc1nc(-c2cccc(CN=C(NCc3ccccc3)N(C)C)c2)n[nH]1.I. The van der Waals surface area contributed by atoms with Crippen molar-refractivity contribution in [3.05, 3.63) is 71.5 Å². The zero-order valence-electron chi connectivity index (χ0n) is 15.8. The minimum absolute atomic E-state index is 0. The maximum atomic E-state index is 4.73. The summed E-state index contributed by atoms with van der Waals surface area (Å²) in [6.07, 6.45) is 0. The van der Waals surface area contributed by atoms with Gasteiger partial charge in [-0.05, 0) is 24.1 Å². The van der Waals surface area contributed by atoms with Gasteiger partial charge in [0.2, 0.25) is 0 Å². The Hall–Kier alpha value is -2.42. The molecule has 0 radical (unpaired) electrons. The van der Waals surface area contributed by atoms with Crippen molar-refractivity contribution >= 4 is 29.9 Å². The molecule has 0 aliphatic heterocycles. The van der Waals surface area contributed by atoms with Crippen molar-refractivity contribution in [3.8, 4) is 11.4 Å². The first-order valence-electron chi connectivity index (χ1n) is 8.60. The molecule has 1 heterocycles. The molecule has 7 heteroatoms. The summed E-state index contributed by atoms with van der Waals surface area (Å²) in [7, 11) is 3.98. The van der Waals surface area contributed by atoms with Crippen LogP contribution < -0.4 is 5.32 Å². The van der Waals surface area contributed by atoms with Crippen LogP contribution in [-0.2, 0) is 13.1 Å². The fourth-order valence-electron chi connectivity index (χ4n) is 2.58. The highest BCUT2D eigenvalue weighted by atomic mass is 127. The normalized spacial score (nSPS) is 11.0. The highest BCUT2D eigenvalue weighted by molar-refractivity contribution is 14.0. The van der Waals surface area contributed by atoms with Crippen LogP contribution in [0.25, 0.3) is 11.4 Å². The Morgan fingerprint density at radius 1 is 1.07 bits per heavy atom. The minimum atomic E-state index is 0. The standard InChI is InChI=1S/C20H24N6.HI/c1-15-23-19(25-24-15)18-11-7-10-17(12-18)14-22-20(26(2)3)21-13-16-8-5-4-6-9-16;/h4-12H,13-14H2,1-3H3,(H,21,22)(H,23,24,25);1H. The van der Waals surface area contributed by atoms with Crippen LogP contribution in [0.3, 0.4) is 0 Å². The number of benzene rings is 2. The molecule has 6 nitrogen and oxygen atoms in total. The quantitative estimate of drug-likeness (QED) is 0.336. The molecule has 0 aliphatic carbocycles. The minimum Gasteiger partial charge on any atom is -0.352 e. The van der Waals surface area contributed by atoms with E-state index in [0.717, 1.165) is 29.5 Å². The monoisotopic (exact) mass is 476 g/mol. The van der Waals surface area contributed by atoms with E-state index in [-0.39, 0.29) is 24.0 Å². The van der Waals surface area contributed by atoms with Crippen LogP contribution in [0.4, 0.5) is 0 Å². The number of aryl methyl sites for hydroxylation is 1. The molecule has 2 N–H and O–H groups in total. The Balaban J connectivity index is 0.00000261. The number of hydrogen-bond acceptors (Lipinski definition) is 3. The molecule has 0 fully saturated rings. The highest BCUT2D eigenvalue weighted by Crippen LogP contribution is 2.16. The lowest BCUT2D eigenvalue weighted by atomic mass is 10.1. The van der Waals surface area contributed by atoms with E-state index < -0.39 is 0 Å². The number of hydrogen-bond donors (Lipinski definition) is 2. The summed E-state index contributed by atoms with van der Waals surface area (Å²) in [5.74, 6) is 2.37. The average Bonchev–Trinajstić information content (AvgIpc) is 3.09. The summed E-state index contributed by atoms with van der Waals surface area (Å²) >= 11 is 0. The summed E-state index contributed by atoms with van der Waals surface area (Å²) < 4.78 is 0. The Bertz CT molecular complexity index is 873. The number of aromatic nitrogens is 3. The molecule has 0 saturated carbocycles. The largest absolute Gasteiger partial charge is 0.352 e. The number of aliphatic imine (C=N–C) groups is 1. The van der Waals surface area contributed by atoms with Gasteiger partial charge in [-0.3, -0.25) is 5.10 Å². The van der Waals surface area contributed by atoms with Crippen LogP contribution in [0.15, 0.2) is 59.6 Å². The molecular weight excluding hydrogens is 451 g/mol. The number of nitrogens with one attached hydrogen (secondary N) is 2. The van der Waals surface area contributed by atoms with Gasteiger partial charge < -0.3 is 10.2 Å². The van der Waals surface area contributed by atoms with E-state index in [4.69, 9.17) is 4.99 Å². The average molecular weight is 476 g/mol. The molecule has 1 aromatic heterocycles. The van der Waals surface area contributed by atoms with Gasteiger partial charge in [0.05, 0.1) is 6.54 Å². The first kappa shape index (κ1) is 20.9. The molecular formula is C20H25IN6. The van der Waals surface area contributed by atoms with E-state index >= 15 is 0 Å². The lowest BCUT2D eigenvalue weighted by molar-refractivity contribution is 0.578.